The highest BCUT2D eigenvalue weighted by Gasteiger charge is 2.14. The van der Waals surface area contributed by atoms with Crippen molar-refractivity contribution in [3.63, 3.8) is 0 Å². The molecule has 0 saturated heterocycles. The number of benzene rings is 1. The number of carbonyl (C=O) groups excluding carboxylic acids is 1. The molecule has 1 aromatic carbocycles. The fourth-order valence-electron chi connectivity index (χ4n) is 1.56. The summed E-state index contributed by atoms with van der Waals surface area (Å²) in [4.78, 5) is 11.8. The summed E-state index contributed by atoms with van der Waals surface area (Å²) in [6.07, 6.45) is 0.820. The molecule has 0 spiro atoms. The molecule has 0 atom stereocenters. The Hall–Kier alpha value is -1.86. The molecular weight excluding hydrogens is 257 g/mol. The maximum atomic E-state index is 13.8. The van der Waals surface area contributed by atoms with Crippen molar-refractivity contribution in [1.29, 1.82) is 0 Å². The number of nitrogens with one attached hydrogen (secondary N) is 1. The molecule has 0 unspecified atom stereocenters. The fraction of sp³-hybridized carbons (Fsp3) is 0.438. The van der Waals surface area contributed by atoms with E-state index in [4.69, 9.17) is 5.11 Å². The van der Waals surface area contributed by atoms with Crippen LogP contribution in [0.1, 0.15) is 43.1 Å². The second-order valence-corrected chi connectivity index (χ2v) is 5.72. The van der Waals surface area contributed by atoms with Gasteiger partial charge >= 0.3 is 0 Å². The number of aliphatic hydroxyl groups is 1. The summed E-state index contributed by atoms with van der Waals surface area (Å²) in [7, 11) is 0. The molecule has 0 fully saturated rings. The van der Waals surface area contributed by atoms with E-state index in [-0.39, 0.29) is 17.6 Å². The Morgan fingerprint density at radius 3 is 2.65 bits per heavy atom. The third-order valence-electron chi connectivity index (χ3n) is 2.69. The lowest BCUT2D eigenvalue weighted by Crippen LogP contribution is -2.28. The molecule has 3 nitrogen and oxygen atoms in total. The van der Waals surface area contributed by atoms with E-state index in [1.807, 2.05) is 0 Å². The van der Waals surface area contributed by atoms with Crippen LogP contribution in [0.4, 0.5) is 4.39 Å². The molecule has 2 N–H and O–H groups in total. The molecule has 0 heterocycles. The number of halogens is 1. The van der Waals surface area contributed by atoms with E-state index in [0.717, 1.165) is 6.42 Å². The lowest BCUT2D eigenvalue weighted by atomic mass is 9.92. The number of rotatable bonds is 3. The molecule has 108 valence electrons. The molecule has 0 aromatic heterocycles. The van der Waals surface area contributed by atoms with Crippen molar-refractivity contribution in [3.05, 3.63) is 35.1 Å². The van der Waals surface area contributed by atoms with E-state index in [0.29, 0.717) is 12.1 Å². The van der Waals surface area contributed by atoms with Gasteiger partial charge in [0, 0.05) is 12.1 Å². The zero-order valence-electron chi connectivity index (χ0n) is 12.1. The Bertz CT molecular complexity index is 536. The molecule has 0 saturated carbocycles. The van der Waals surface area contributed by atoms with Gasteiger partial charge in [0.25, 0.3) is 5.91 Å². The molecule has 0 aliphatic heterocycles. The van der Waals surface area contributed by atoms with E-state index in [9.17, 15) is 9.18 Å². The number of carbonyl (C=O) groups is 1. The zero-order chi connectivity index (χ0) is 15.2. The molecular formula is C16H20FNO2. The molecule has 0 aliphatic carbocycles. The largest absolute Gasteiger partial charge is 0.384 e. The maximum absolute atomic E-state index is 13.8. The van der Waals surface area contributed by atoms with E-state index in [1.165, 1.54) is 12.1 Å². The zero-order valence-corrected chi connectivity index (χ0v) is 12.1. The van der Waals surface area contributed by atoms with Crippen LogP contribution in [0.2, 0.25) is 0 Å². The summed E-state index contributed by atoms with van der Waals surface area (Å²) in [5.41, 5.74) is 0.562. The average molecular weight is 277 g/mol. The minimum atomic E-state index is -0.608. The van der Waals surface area contributed by atoms with Gasteiger partial charge in [0.2, 0.25) is 0 Å². The highest BCUT2D eigenvalue weighted by molar-refractivity contribution is 5.94. The molecule has 20 heavy (non-hydrogen) atoms. The molecule has 0 aliphatic rings. The van der Waals surface area contributed by atoms with Gasteiger partial charge in [-0.3, -0.25) is 4.79 Å². The topological polar surface area (TPSA) is 49.3 Å². The number of amides is 1. The SMILES string of the molecule is CC(C)(C)CCNC(=O)c1ccc(C#CCO)cc1F. The molecule has 1 amide bonds. The second kappa shape index (κ2) is 7.06. The highest BCUT2D eigenvalue weighted by Crippen LogP contribution is 2.17. The fourth-order valence-corrected chi connectivity index (χ4v) is 1.56. The van der Waals surface area contributed by atoms with Gasteiger partial charge in [0.1, 0.15) is 12.4 Å². The molecule has 4 heteroatoms. The van der Waals surface area contributed by atoms with E-state index >= 15 is 0 Å². The van der Waals surface area contributed by atoms with Gasteiger partial charge in [-0.05, 0) is 30.0 Å². The second-order valence-electron chi connectivity index (χ2n) is 5.72. The van der Waals surface area contributed by atoms with Gasteiger partial charge < -0.3 is 10.4 Å². The summed E-state index contributed by atoms with van der Waals surface area (Å²) in [6.45, 7) is 6.46. The smallest absolute Gasteiger partial charge is 0.254 e. The molecule has 0 bridgehead atoms. The summed E-state index contributed by atoms with van der Waals surface area (Å²) in [6, 6.07) is 4.16. The minimum absolute atomic E-state index is 0.00783. The first-order valence-electron chi connectivity index (χ1n) is 6.51. The minimum Gasteiger partial charge on any atom is -0.384 e. The van der Waals surface area contributed by atoms with Gasteiger partial charge in [-0.1, -0.05) is 32.6 Å². The molecule has 1 aromatic rings. The van der Waals surface area contributed by atoms with Crippen LogP contribution in [0.5, 0.6) is 0 Å². The number of aliphatic hydroxyl groups excluding tert-OH is 1. The van der Waals surface area contributed by atoms with Crippen molar-refractivity contribution in [1.82, 2.24) is 5.32 Å². The van der Waals surface area contributed by atoms with Gasteiger partial charge in [-0.2, -0.15) is 0 Å². The first kappa shape index (κ1) is 16.2. The van der Waals surface area contributed by atoms with Crippen molar-refractivity contribution in [3.8, 4) is 11.8 Å². The van der Waals surface area contributed by atoms with Gasteiger partial charge in [0.05, 0.1) is 5.56 Å². The van der Waals surface area contributed by atoms with Gasteiger partial charge in [-0.15, -0.1) is 0 Å². The molecule has 1 rings (SSSR count). The summed E-state index contributed by atoms with van der Waals surface area (Å²) >= 11 is 0. The van der Waals surface area contributed by atoms with Crippen LogP contribution in [0.3, 0.4) is 0 Å². The van der Waals surface area contributed by atoms with E-state index < -0.39 is 11.7 Å². The number of hydrogen-bond acceptors (Lipinski definition) is 2. The highest BCUT2D eigenvalue weighted by atomic mass is 19.1. The van der Waals surface area contributed by atoms with Gasteiger partial charge in [0.15, 0.2) is 0 Å². The Kier molecular flexibility index (Phi) is 5.72. The third kappa shape index (κ3) is 5.41. The average Bonchev–Trinajstić information content (AvgIpc) is 2.34. The monoisotopic (exact) mass is 277 g/mol. The van der Waals surface area contributed by atoms with Crippen LogP contribution in [0.15, 0.2) is 18.2 Å². The summed E-state index contributed by atoms with van der Waals surface area (Å²) in [5, 5.41) is 11.3. The van der Waals surface area contributed by atoms with Gasteiger partial charge in [-0.25, -0.2) is 4.39 Å². The Labute approximate surface area is 119 Å². The summed E-state index contributed by atoms with van der Waals surface area (Å²) < 4.78 is 13.8. The van der Waals surface area contributed by atoms with Crippen molar-refractivity contribution in [2.24, 2.45) is 5.41 Å². The van der Waals surface area contributed by atoms with Crippen molar-refractivity contribution in [2.75, 3.05) is 13.2 Å². The van der Waals surface area contributed by atoms with Crippen LogP contribution < -0.4 is 5.32 Å². The van der Waals surface area contributed by atoms with Crippen LogP contribution in [0, 0.1) is 23.1 Å². The summed E-state index contributed by atoms with van der Waals surface area (Å²) in [5.74, 6) is 3.99. The van der Waals surface area contributed by atoms with Crippen molar-refractivity contribution >= 4 is 5.91 Å². The van der Waals surface area contributed by atoms with Crippen LogP contribution in [-0.2, 0) is 0 Å². The maximum Gasteiger partial charge on any atom is 0.254 e. The van der Waals surface area contributed by atoms with E-state index in [2.05, 4.69) is 37.9 Å². The van der Waals surface area contributed by atoms with Crippen LogP contribution in [-0.4, -0.2) is 24.2 Å². The lowest BCUT2D eigenvalue weighted by Gasteiger charge is -2.18. The predicted octanol–water partition coefficient (Wildman–Crippen LogP) is 2.34. The van der Waals surface area contributed by atoms with Crippen LogP contribution in [0.25, 0.3) is 0 Å². The first-order valence-corrected chi connectivity index (χ1v) is 6.51. The number of hydrogen-bond donors (Lipinski definition) is 2. The predicted molar refractivity (Wildman–Crippen MR) is 76.8 cm³/mol. The Morgan fingerprint density at radius 1 is 1.40 bits per heavy atom. The molecule has 0 radical (unpaired) electrons. The third-order valence-corrected chi connectivity index (χ3v) is 2.69. The Morgan fingerprint density at radius 2 is 2.10 bits per heavy atom. The standard InChI is InChI=1S/C16H20FNO2/c1-16(2,3)8-9-18-15(20)13-7-6-12(5-4-10-19)11-14(13)17/h6-7,11,19H,8-10H2,1-3H3,(H,18,20). The quantitative estimate of drug-likeness (QED) is 0.833. The first-order chi connectivity index (χ1) is 9.33. The Balaban J connectivity index is 2.69. The van der Waals surface area contributed by atoms with Crippen molar-refractivity contribution < 1.29 is 14.3 Å². The normalized spacial score (nSPS) is 10.7. The lowest BCUT2D eigenvalue weighted by molar-refractivity contribution is 0.0945. The van der Waals surface area contributed by atoms with E-state index in [1.54, 1.807) is 6.07 Å². The van der Waals surface area contributed by atoms with Crippen LogP contribution >= 0.6 is 0 Å². The van der Waals surface area contributed by atoms with Crippen molar-refractivity contribution in [2.45, 2.75) is 27.2 Å².